The molecule has 0 radical (unpaired) electrons. The van der Waals surface area contributed by atoms with Gasteiger partial charge in [-0.2, -0.15) is 0 Å². The molecule has 19 heavy (non-hydrogen) atoms. The van der Waals surface area contributed by atoms with Crippen molar-refractivity contribution in [3.8, 4) is 5.75 Å². The van der Waals surface area contributed by atoms with Crippen LogP contribution < -0.4 is 11.1 Å². The zero-order chi connectivity index (χ0) is 13.1. The molecule has 1 aromatic carbocycles. The summed E-state index contributed by atoms with van der Waals surface area (Å²) in [5, 5.41) is 12.7. The van der Waals surface area contributed by atoms with Gasteiger partial charge in [0.2, 0.25) is 0 Å². The molecule has 0 saturated heterocycles. The number of nitrogens with one attached hydrogen (secondary N) is 1. The number of amides is 1. The Morgan fingerprint density at radius 3 is 2.89 bits per heavy atom. The number of halogens is 2. The summed E-state index contributed by atoms with van der Waals surface area (Å²) in [5.41, 5.74) is 5.98. The Morgan fingerprint density at radius 1 is 1.47 bits per heavy atom. The van der Waals surface area contributed by atoms with Crippen LogP contribution in [0.5, 0.6) is 5.75 Å². The number of benzene rings is 1. The maximum Gasteiger partial charge on any atom is 0.255 e. The average Bonchev–Trinajstić information content (AvgIpc) is 2.79. The van der Waals surface area contributed by atoms with Crippen molar-refractivity contribution in [2.24, 2.45) is 11.7 Å². The molecular formula is C13H18BrClN2O2. The third-order valence-electron chi connectivity index (χ3n) is 3.48. The fourth-order valence-corrected chi connectivity index (χ4v) is 2.81. The van der Waals surface area contributed by atoms with Gasteiger partial charge in [0.25, 0.3) is 5.91 Å². The summed E-state index contributed by atoms with van der Waals surface area (Å²) in [6.07, 6.45) is 3.12. The molecule has 2 unspecified atom stereocenters. The van der Waals surface area contributed by atoms with Gasteiger partial charge < -0.3 is 16.2 Å². The quantitative estimate of drug-likeness (QED) is 0.784. The summed E-state index contributed by atoms with van der Waals surface area (Å²) in [7, 11) is 0. The molecule has 2 rings (SSSR count). The lowest BCUT2D eigenvalue weighted by Crippen LogP contribution is -2.39. The van der Waals surface area contributed by atoms with Crippen LogP contribution in [0.4, 0.5) is 0 Å². The molecule has 0 aromatic heterocycles. The SMILES string of the molecule is Cl.NCC1CCCC1NC(=O)c1cc(Br)ccc1O. The first kappa shape index (κ1) is 16.3. The Kier molecular flexibility index (Phi) is 6.10. The predicted molar refractivity (Wildman–Crippen MR) is 80.7 cm³/mol. The van der Waals surface area contributed by atoms with E-state index in [0.717, 1.165) is 23.7 Å². The van der Waals surface area contributed by atoms with Gasteiger partial charge in [0.05, 0.1) is 5.56 Å². The van der Waals surface area contributed by atoms with Crippen LogP contribution in [0.2, 0.25) is 0 Å². The predicted octanol–water partition coefficient (Wildman–Crippen LogP) is 2.43. The van der Waals surface area contributed by atoms with E-state index in [1.165, 1.54) is 6.07 Å². The van der Waals surface area contributed by atoms with E-state index in [0.29, 0.717) is 18.0 Å². The number of carbonyl (C=O) groups is 1. The van der Waals surface area contributed by atoms with Gasteiger partial charge in [-0.3, -0.25) is 4.79 Å². The third-order valence-corrected chi connectivity index (χ3v) is 3.97. The number of phenols is 1. The monoisotopic (exact) mass is 348 g/mol. The van der Waals surface area contributed by atoms with Crippen LogP contribution in [0.1, 0.15) is 29.6 Å². The Morgan fingerprint density at radius 2 is 2.21 bits per heavy atom. The highest BCUT2D eigenvalue weighted by Crippen LogP contribution is 2.26. The molecule has 1 aliphatic carbocycles. The molecule has 1 fully saturated rings. The molecule has 4 N–H and O–H groups in total. The van der Waals surface area contributed by atoms with E-state index in [4.69, 9.17) is 5.73 Å². The standard InChI is InChI=1S/C13H17BrN2O2.ClH/c14-9-4-5-12(17)10(6-9)13(18)16-11-3-1-2-8(11)7-15;/h4-6,8,11,17H,1-3,7,15H2,(H,16,18);1H. The maximum absolute atomic E-state index is 12.1. The van der Waals surface area contributed by atoms with Crippen molar-refractivity contribution in [1.82, 2.24) is 5.32 Å². The number of hydrogen-bond acceptors (Lipinski definition) is 3. The molecule has 2 atom stereocenters. The molecule has 0 aliphatic heterocycles. The second kappa shape index (κ2) is 7.12. The van der Waals surface area contributed by atoms with Crippen molar-refractivity contribution in [2.45, 2.75) is 25.3 Å². The van der Waals surface area contributed by atoms with Gasteiger partial charge in [0.1, 0.15) is 5.75 Å². The van der Waals surface area contributed by atoms with Crippen LogP contribution in [0.15, 0.2) is 22.7 Å². The lowest BCUT2D eigenvalue weighted by Gasteiger charge is -2.19. The van der Waals surface area contributed by atoms with Crippen molar-refractivity contribution < 1.29 is 9.90 Å². The minimum atomic E-state index is -0.237. The smallest absolute Gasteiger partial charge is 0.255 e. The average molecular weight is 350 g/mol. The molecule has 0 spiro atoms. The van der Waals surface area contributed by atoms with E-state index < -0.39 is 0 Å². The molecule has 0 bridgehead atoms. The zero-order valence-corrected chi connectivity index (χ0v) is 12.8. The van der Waals surface area contributed by atoms with Gasteiger partial charge in [-0.05, 0) is 43.5 Å². The largest absolute Gasteiger partial charge is 0.507 e. The second-order valence-electron chi connectivity index (χ2n) is 4.67. The van der Waals surface area contributed by atoms with Gasteiger partial charge in [0, 0.05) is 10.5 Å². The lowest BCUT2D eigenvalue weighted by atomic mass is 10.0. The zero-order valence-electron chi connectivity index (χ0n) is 10.4. The first-order valence-electron chi connectivity index (χ1n) is 6.11. The third kappa shape index (κ3) is 3.84. The van der Waals surface area contributed by atoms with E-state index in [9.17, 15) is 9.90 Å². The number of phenolic OH excluding ortho intramolecular Hbond substituents is 1. The van der Waals surface area contributed by atoms with Crippen LogP contribution in [0.3, 0.4) is 0 Å². The van der Waals surface area contributed by atoms with Crippen molar-refractivity contribution >= 4 is 34.2 Å². The van der Waals surface area contributed by atoms with Crippen molar-refractivity contribution in [2.75, 3.05) is 6.54 Å². The number of carbonyl (C=O) groups excluding carboxylic acids is 1. The molecule has 1 aliphatic rings. The Labute approximate surface area is 127 Å². The maximum atomic E-state index is 12.1. The summed E-state index contributed by atoms with van der Waals surface area (Å²) in [5.74, 6) is 0.111. The lowest BCUT2D eigenvalue weighted by molar-refractivity contribution is 0.0926. The summed E-state index contributed by atoms with van der Waals surface area (Å²) >= 11 is 3.29. The molecule has 6 heteroatoms. The Balaban J connectivity index is 0.00000180. The number of aromatic hydroxyl groups is 1. The van der Waals surface area contributed by atoms with E-state index in [1.54, 1.807) is 12.1 Å². The normalized spacial score (nSPS) is 21.8. The van der Waals surface area contributed by atoms with E-state index >= 15 is 0 Å². The van der Waals surface area contributed by atoms with Gasteiger partial charge in [-0.15, -0.1) is 12.4 Å². The summed E-state index contributed by atoms with van der Waals surface area (Å²) in [6.45, 7) is 0.593. The highest BCUT2D eigenvalue weighted by molar-refractivity contribution is 9.10. The summed E-state index contributed by atoms with van der Waals surface area (Å²) in [6, 6.07) is 4.95. The number of nitrogens with two attached hydrogens (primary N) is 1. The van der Waals surface area contributed by atoms with Gasteiger partial charge in [0.15, 0.2) is 0 Å². The van der Waals surface area contributed by atoms with Crippen LogP contribution in [-0.4, -0.2) is 23.6 Å². The van der Waals surface area contributed by atoms with Crippen molar-refractivity contribution in [3.05, 3.63) is 28.2 Å². The first-order chi connectivity index (χ1) is 8.61. The Bertz CT molecular complexity index is 456. The van der Waals surface area contributed by atoms with E-state index in [-0.39, 0.29) is 30.1 Å². The minimum Gasteiger partial charge on any atom is -0.507 e. The first-order valence-corrected chi connectivity index (χ1v) is 6.90. The number of hydrogen-bond donors (Lipinski definition) is 3. The van der Waals surface area contributed by atoms with Crippen LogP contribution in [0, 0.1) is 5.92 Å². The molecule has 1 amide bonds. The van der Waals surface area contributed by atoms with Crippen LogP contribution >= 0.6 is 28.3 Å². The fourth-order valence-electron chi connectivity index (χ4n) is 2.45. The van der Waals surface area contributed by atoms with E-state index in [2.05, 4.69) is 21.2 Å². The minimum absolute atomic E-state index is 0. The summed E-state index contributed by atoms with van der Waals surface area (Å²) < 4.78 is 0.771. The highest BCUT2D eigenvalue weighted by atomic mass is 79.9. The number of rotatable bonds is 3. The van der Waals surface area contributed by atoms with E-state index in [1.807, 2.05) is 0 Å². The molecule has 4 nitrogen and oxygen atoms in total. The highest BCUT2D eigenvalue weighted by Gasteiger charge is 2.28. The van der Waals surface area contributed by atoms with Gasteiger partial charge in [-0.1, -0.05) is 22.4 Å². The van der Waals surface area contributed by atoms with Crippen LogP contribution in [-0.2, 0) is 0 Å². The molecule has 1 saturated carbocycles. The van der Waals surface area contributed by atoms with Crippen molar-refractivity contribution in [1.29, 1.82) is 0 Å². The van der Waals surface area contributed by atoms with Gasteiger partial charge >= 0.3 is 0 Å². The molecule has 0 heterocycles. The Hall–Kier alpha value is -0.780. The summed E-state index contributed by atoms with van der Waals surface area (Å²) in [4.78, 5) is 12.1. The molecule has 106 valence electrons. The topological polar surface area (TPSA) is 75.3 Å². The second-order valence-corrected chi connectivity index (χ2v) is 5.58. The molecular weight excluding hydrogens is 332 g/mol. The molecule has 1 aromatic rings. The van der Waals surface area contributed by atoms with Crippen LogP contribution in [0.25, 0.3) is 0 Å². The van der Waals surface area contributed by atoms with Crippen molar-refractivity contribution in [3.63, 3.8) is 0 Å². The fraction of sp³-hybridized carbons (Fsp3) is 0.462. The van der Waals surface area contributed by atoms with Gasteiger partial charge in [-0.25, -0.2) is 0 Å².